The molecule has 0 bridgehead atoms. The summed E-state index contributed by atoms with van der Waals surface area (Å²) in [7, 11) is 2.11. The van der Waals surface area contributed by atoms with Crippen molar-refractivity contribution in [1.82, 2.24) is 9.47 Å². The van der Waals surface area contributed by atoms with E-state index in [9.17, 15) is 18.0 Å². The number of rotatable bonds is 6. The van der Waals surface area contributed by atoms with E-state index in [2.05, 4.69) is 11.9 Å². The zero-order chi connectivity index (χ0) is 22.0. The number of alkyl halides is 3. The van der Waals surface area contributed by atoms with Crippen LogP contribution in [0.1, 0.15) is 49.3 Å². The van der Waals surface area contributed by atoms with E-state index < -0.39 is 11.7 Å². The molecule has 0 aliphatic heterocycles. The topological polar surface area (TPSA) is 38.4 Å². The summed E-state index contributed by atoms with van der Waals surface area (Å²) in [6.45, 7) is 0.894. The van der Waals surface area contributed by atoms with Gasteiger partial charge in [-0.2, -0.15) is 13.2 Å². The van der Waals surface area contributed by atoms with Gasteiger partial charge in [-0.05, 0) is 81.9 Å². The van der Waals surface area contributed by atoms with Gasteiger partial charge in [0.05, 0.1) is 11.1 Å². The van der Waals surface area contributed by atoms with Crippen molar-refractivity contribution in [1.29, 1.82) is 0 Å². The molecule has 0 atom stereocenters. The van der Waals surface area contributed by atoms with Crippen LogP contribution in [0.4, 0.5) is 13.2 Å². The Hall–Kier alpha value is -2.54. The lowest BCUT2D eigenvalue weighted by Gasteiger charge is -2.35. The van der Waals surface area contributed by atoms with Gasteiger partial charge < -0.3 is 9.32 Å². The molecule has 0 radical (unpaired) electrons. The first-order valence-electron chi connectivity index (χ1n) is 10.8. The first-order chi connectivity index (χ1) is 14.8. The number of hydrogen-bond acceptors (Lipinski definition) is 3. The normalized spacial score (nSPS) is 19.9. The maximum atomic E-state index is 12.7. The Labute approximate surface area is 179 Å². The minimum Gasteiger partial charge on any atom is -0.408 e. The van der Waals surface area contributed by atoms with Crippen molar-refractivity contribution < 1.29 is 17.6 Å². The largest absolute Gasteiger partial charge is 0.420 e. The number of halogens is 3. The Morgan fingerprint density at radius 2 is 1.71 bits per heavy atom. The maximum Gasteiger partial charge on any atom is 0.420 e. The Bertz CT molecular complexity index is 1060. The van der Waals surface area contributed by atoms with E-state index in [0.717, 1.165) is 68.3 Å². The van der Waals surface area contributed by atoms with Crippen LogP contribution in [-0.2, 0) is 12.6 Å². The van der Waals surface area contributed by atoms with E-state index in [0.29, 0.717) is 11.6 Å². The van der Waals surface area contributed by atoms with Crippen LogP contribution in [0, 0.1) is 0 Å². The summed E-state index contributed by atoms with van der Waals surface area (Å²) in [5.74, 6) is -0.283. The van der Waals surface area contributed by atoms with Crippen molar-refractivity contribution in [2.24, 2.45) is 0 Å². The lowest BCUT2D eigenvalue weighted by molar-refractivity contribution is -0.137. The van der Waals surface area contributed by atoms with Gasteiger partial charge in [0.25, 0.3) is 0 Å². The van der Waals surface area contributed by atoms with Gasteiger partial charge >= 0.3 is 11.9 Å². The van der Waals surface area contributed by atoms with Gasteiger partial charge in [-0.1, -0.05) is 24.3 Å². The Morgan fingerprint density at radius 1 is 1.03 bits per heavy atom. The fourth-order valence-electron chi connectivity index (χ4n) is 4.66. The van der Waals surface area contributed by atoms with Crippen LogP contribution >= 0.6 is 0 Å². The van der Waals surface area contributed by atoms with Crippen molar-refractivity contribution in [3.05, 3.63) is 70.2 Å². The molecule has 0 amide bonds. The van der Waals surface area contributed by atoms with Gasteiger partial charge in [-0.25, -0.2) is 4.79 Å². The quantitative estimate of drug-likeness (QED) is 0.504. The van der Waals surface area contributed by atoms with Crippen LogP contribution < -0.4 is 5.76 Å². The number of fused-ring (bicyclic) bond motifs is 1. The van der Waals surface area contributed by atoms with Gasteiger partial charge in [-0.3, -0.25) is 4.57 Å². The molecular formula is C24H27F3N2O2. The van der Waals surface area contributed by atoms with Crippen LogP contribution in [0.15, 0.2) is 57.7 Å². The third kappa shape index (κ3) is 4.87. The summed E-state index contributed by atoms with van der Waals surface area (Å²) < 4.78 is 45.2. The smallest absolute Gasteiger partial charge is 0.408 e. The Kier molecular flexibility index (Phi) is 6.23. The van der Waals surface area contributed by atoms with Crippen LogP contribution in [-0.4, -0.2) is 29.1 Å². The highest BCUT2D eigenvalue weighted by Gasteiger charge is 2.30. The zero-order valence-corrected chi connectivity index (χ0v) is 17.6. The molecule has 0 unspecified atom stereocenters. The Morgan fingerprint density at radius 3 is 2.39 bits per heavy atom. The molecule has 31 heavy (non-hydrogen) atoms. The van der Waals surface area contributed by atoms with Crippen LogP contribution in [0.3, 0.4) is 0 Å². The fourth-order valence-corrected chi connectivity index (χ4v) is 4.66. The molecule has 1 heterocycles. The number of para-hydroxylation sites is 2. The lowest BCUT2D eigenvalue weighted by Crippen LogP contribution is -2.37. The molecule has 3 aromatic rings. The highest BCUT2D eigenvalue weighted by atomic mass is 19.4. The molecule has 1 aromatic heterocycles. The van der Waals surface area contributed by atoms with Crippen LogP contribution in [0.2, 0.25) is 0 Å². The predicted octanol–water partition coefficient (Wildman–Crippen LogP) is 5.66. The third-order valence-electron chi connectivity index (χ3n) is 6.43. The van der Waals surface area contributed by atoms with E-state index >= 15 is 0 Å². The molecule has 2 aromatic carbocycles. The number of hydrogen-bond donors (Lipinski definition) is 0. The molecule has 166 valence electrons. The third-order valence-corrected chi connectivity index (χ3v) is 6.43. The Balaban J connectivity index is 1.27. The molecule has 1 aliphatic carbocycles. The van der Waals surface area contributed by atoms with Gasteiger partial charge in [0.1, 0.15) is 0 Å². The second-order valence-electron chi connectivity index (χ2n) is 8.45. The van der Waals surface area contributed by atoms with E-state index in [1.165, 1.54) is 0 Å². The van der Waals surface area contributed by atoms with Crippen LogP contribution in [0.25, 0.3) is 11.1 Å². The monoisotopic (exact) mass is 432 g/mol. The molecule has 1 saturated carbocycles. The molecule has 1 aliphatic rings. The SMILES string of the molecule is CN(CCCc1ccc(C(F)(F)F)cc1)C1CCC(n2c(=O)oc3ccccc32)CC1. The van der Waals surface area contributed by atoms with Crippen molar-refractivity contribution in [2.45, 2.75) is 56.8 Å². The van der Waals surface area contributed by atoms with E-state index in [1.807, 2.05) is 24.3 Å². The van der Waals surface area contributed by atoms with Gasteiger partial charge in [0.2, 0.25) is 0 Å². The molecule has 1 fully saturated rings. The number of benzene rings is 2. The van der Waals surface area contributed by atoms with Gasteiger partial charge in [0.15, 0.2) is 5.58 Å². The highest BCUT2D eigenvalue weighted by Crippen LogP contribution is 2.32. The fraction of sp³-hybridized carbons (Fsp3) is 0.458. The van der Waals surface area contributed by atoms with E-state index in [1.54, 1.807) is 16.7 Å². The average molecular weight is 432 g/mol. The van der Waals surface area contributed by atoms with Crippen LogP contribution in [0.5, 0.6) is 0 Å². The van der Waals surface area contributed by atoms with Crippen molar-refractivity contribution in [2.75, 3.05) is 13.6 Å². The molecule has 0 N–H and O–H groups in total. The first kappa shape index (κ1) is 21.7. The summed E-state index contributed by atoms with van der Waals surface area (Å²) in [4.78, 5) is 14.7. The minimum absolute atomic E-state index is 0.160. The van der Waals surface area contributed by atoms with Crippen molar-refractivity contribution in [3.63, 3.8) is 0 Å². The maximum absolute atomic E-state index is 12.7. The average Bonchev–Trinajstić information content (AvgIpc) is 3.09. The summed E-state index contributed by atoms with van der Waals surface area (Å²) in [6.07, 6.45) is 1.24. The van der Waals surface area contributed by atoms with E-state index in [-0.39, 0.29) is 11.8 Å². The number of oxazole rings is 1. The minimum atomic E-state index is -4.29. The number of aromatic nitrogens is 1. The van der Waals surface area contributed by atoms with Crippen molar-refractivity contribution in [3.8, 4) is 0 Å². The number of nitrogens with zero attached hydrogens (tertiary/aromatic N) is 2. The summed E-state index contributed by atoms with van der Waals surface area (Å²) in [5, 5.41) is 0. The highest BCUT2D eigenvalue weighted by molar-refractivity contribution is 5.72. The second kappa shape index (κ2) is 8.91. The molecule has 7 heteroatoms. The predicted molar refractivity (Wildman–Crippen MR) is 114 cm³/mol. The van der Waals surface area contributed by atoms with Gasteiger partial charge in [-0.15, -0.1) is 0 Å². The molecule has 0 saturated heterocycles. The lowest BCUT2D eigenvalue weighted by atomic mass is 9.90. The van der Waals surface area contributed by atoms with E-state index in [4.69, 9.17) is 4.42 Å². The van der Waals surface area contributed by atoms with Crippen molar-refractivity contribution >= 4 is 11.1 Å². The summed E-state index contributed by atoms with van der Waals surface area (Å²) in [6, 6.07) is 13.6. The second-order valence-corrected chi connectivity index (χ2v) is 8.45. The zero-order valence-electron chi connectivity index (χ0n) is 17.6. The molecular weight excluding hydrogens is 405 g/mol. The first-order valence-corrected chi connectivity index (χ1v) is 10.8. The summed E-state index contributed by atoms with van der Waals surface area (Å²) >= 11 is 0. The molecule has 4 rings (SSSR count). The molecule has 0 spiro atoms. The molecule has 4 nitrogen and oxygen atoms in total. The number of aryl methyl sites for hydroxylation is 1. The standard InChI is InChI=1S/C24H27F3N2O2/c1-28(16-4-5-17-8-10-18(11-9-17)24(25,26)27)19-12-14-20(15-13-19)29-21-6-2-3-7-22(21)31-23(29)30/h2-3,6-11,19-20H,4-5,12-16H2,1H3. The summed E-state index contributed by atoms with van der Waals surface area (Å²) in [5.41, 5.74) is 1.82. The van der Waals surface area contributed by atoms with Gasteiger partial charge in [0, 0.05) is 12.1 Å².